The minimum atomic E-state index is -0.0485. The number of nitrogens with two attached hydrogens (primary N) is 1. The van der Waals surface area contributed by atoms with Crippen molar-refractivity contribution in [2.24, 2.45) is 11.1 Å². The summed E-state index contributed by atoms with van der Waals surface area (Å²) in [5.74, 6) is -0.00586. The Morgan fingerprint density at radius 2 is 2.09 bits per heavy atom. The Bertz CT molecular complexity index is 623. The molecule has 5 nitrogen and oxygen atoms in total. The highest BCUT2D eigenvalue weighted by atomic mass is 35.5. The molecule has 3 heterocycles. The first-order chi connectivity index (χ1) is 9.47. The summed E-state index contributed by atoms with van der Waals surface area (Å²) >= 11 is 0. The summed E-state index contributed by atoms with van der Waals surface area (Å²) in [7, 11) is 0. The van der Waals surface area contributed by atoms with Gasteiger partial charge in [0.15, 0.2) is 0 Å². The third-order valence-electron chi connectivity index (χ3n) is 4.18. The molecule has 2 N–H and O–H groups in total. The fraction of sp³-hybridized carbons (Fsp3) is 0.467. The predicted octanol–water partition coefficient (Wildman–Crippen LogP) is 2.38. The Kier molecular flexibility index (Phi) is 5.84. The van der Waals surface area contributed by atoms with Crippen LogP contribution in [0.1, 0.15) is 30.8 Å². The molecule has 1 aliphatic rings. The highest BCUT2D eigenvalue weighted by Crippen LogP contribution is 2.28. The Morgan fingerprint density at radius 1 is 1.36 bits per heavy atom. The number of pyridine rings is 1. The number of imidazole rings is 1. The minimum Gasteiger partial charge on any atom is -0.337 e. The van der Waals surface area contributed by atoms with Crippen LogP contribution in [0.15, 0.2) is 30.6 Å². The number of hydrogen-bond acceptors (Lipinski definition) is 3. The number of carbonyl (C=O) groups is 1. The molecule has 22 heavy (non-hydrogen) atoms. The average Bonchev–Trinajstić information content (AvgIpc) is 2.84. The van der Waals surface area contributed by atoms with Gasteiger partial charge < -0.3 is 15.0 Å². The van der Waals surface area contributed by atoms with Crippen molar-refractivity contribution in [1.29, 1.82) is 0 Å². The SMILES string of the molecule is CC1(C)CN(C(=O)c2cn3ccccc3n2)CCC1N.Cl.Cl. The number of likely N-dealkylation sites (tertiary alicyclic amines) is 1. The van der Waals surface area contributed by atoms with E-state index in [1.54, 1.807) is 6.20 Å². The number of rotatable bonds is 1. The van der Waals surface area contributed by atoms with Crippen LogP contribution in [0.25, 0.3) is 5.65 Å². The van der Waals surface area contributed by atoms with E-state index in [9.17, 15) is 4.79 Å². The molecule has 0 saturated carbocycles. The zero-order valence-electron chi connectivity index (χ0n) is 12.7. The predicted molar refractivity (Wildman–Crippen MR) is 92.0 cm³/mol. The van der Waals surface area contributed by atoms with Crippen LogP contribution in [0.3, 0.4) is 0 Å². The van der Waals surface area contributed by atoms with Crippen molar-refractivity contribution in [2.45, 2.75) is 26.3 Å². The van der Waals surface area contributed by atoms with Gasteiger partial charge in [-0.15, -0.1) is 24.8 Å². The number of aromatic nitrogens is 2. The van der Waals surface area contributed by atoms with E-state index in [0.29, 0.717) is 18.8 Å². The third kappa shape index (κ3) is 3.37. The van der Waals surface area contributed by atoms with Crippen LogP contribution in [0.2, 0.25) is 0 Å². The average molecular weight is 345 g/mol. The number of nitrogens with zero attached hydrogens (tertiary/aromatic N) is 3. The van der Waals surface area contributed by atoms with E-state index >= 15 is 0 Å². The van der Waals surface area contributed by atoms with Crippen LogP contribution in [-0.4, -0.2) is 39.3 Å². The van der Waals surface area contributed by atoms with Gasteiger partial charge in [-0.05, 0) is 24.0 Å². The lowest BCUT2D eigenvalue weighted by molar-refractivity contribution is 0.0528. The maximum Gasteiger partial charge on any atom is 0.274 e. The quantitative estimate of drug-likeness (QED) is 0.863. The summed E-state index contributed by atoms with van der Waals surface area (Å²) in [6.07, 6.45) is 4.53. The van der Waals surface area contributed by atoms with E-state index in [0.717, 1.165) is 12.1 Å². The molecule has 1 atom stereocenters. The molecule has 7 heteroatoms. The molecule has 2 aromatic heterocycles. The lowest BCUT2D eigenvalue weighted by atomic mass is 9.79. The molecule has 0 spiro atoms. The van der Waals surface area contributed by atoms with Crippen molar-refractivity contribution in [3.63, 3.8) is 0 Å². The Balaban J connectivity index is 0.00000121. The molecule has 122 valence electrons. The molecule has 1 amide bonds. The van der Waals surface area contributed by atoms with Gasteiger partial charge >= 0.3 is 0 Å². The molecule has 1 saturated heterocycles. The lowest BCUT2D eigenvalue weighted by Gasteiger charge is -2.42. The first-order valence-corrected chi connectivity index (χ1v) is 6.96. The van der Waals surface area contributed by atoms with E-state index in [4.69, 9.17) is 5.73 Å². The zero-order chi connectivity index (χ0) is 14.3. The molecule has 1 unspecified atom stereocenters. The normalized spacial score (nSPS) is 20.1. The Labute approximate surface area is 142 Å². The van der Waals surface area contributed by atoms with Crippen LogP contribution < -0.4 is 5.73 Å². The molecular formula is C15H22Cl2N4O. The van der Waals surface area contributed by atoms with Crippen molar-refractivity contribution in [3.8, 4) is 0 Å². The molecule has 0 bridgehead atoms. The highest BCUT2D eigenvalue weighted by Gasteiger charge is 2.36. The highest BCUT2D eigenvalue weighted by molar-refractivity contribution is 5.93. The lowest BCUT2D eigenvalue weighted by Crippen LogP contribution is -2.54. The fourth-order valence-electron chi connectivity index (χ4n) is 2.75. The molecule has 1 aliphatic heterocycles. The molecule has 2 aromatic rings. The smallest absolute Gasteiger partial charge is 0.274 e. The molecule has 0 radical (unpaired) electrons. The van der Waals surface area contributed by atoms with Gasteiger partial charge in [0.2, 0.25) is 0 Å². The van der Waals surface area contributed by atoms with E-state index in [-0.39, 0.29) is 42.2 Å². The largest absolute Gasteiger partial charge is 0.337 e. The molecule has 3 rings (SSSR count). The number of carbonyl (C=O) groups excluding carboxylic acids is 1. The number of hydrogen-bond donors (Lipinski definition) is 1. The molecular weight excluding hydrogens is 323 g/mol. The summed E-state index contributed by atoms with van der Waals surface area (Å²) in [4.78, 5) is 18.8. The van der Waals surface area contributed by atoms with Crippen molar-refractivity contribution in [3.05, 3.63) is 36.3 Å². The number of fused-ring (bicyclic) bond motifs is 1. The second kappa shape index (κ2) is 6.86. The third-order valence-corrected chi connectivity index (χ3v) is 4.18. The zero-order valence-corrected chi connectivity index (χ0v) is 14.4. The van der Waals surface area contributed by atoms with E-state index in [1.807, 2.05) is 33.7 Å². The van der Waals surface area contributed by atoms with Crippen molar-refractivity contribution in [1.82, 2.24) is 14.3 Å². The molecule has 1 fully saturated rings. The summed E-state index contributed by atoms with van der Waals surface area (Å²) in [5, 5.41) is 0. The van der Waals surface area contributed by atoms with Crippen molar-refractivity contribution >= 4 is 36.4 Å². The van der Waals surface area contributed by atoms with Gasteiger partial charge in [-0.1, -0.05) is 19.9 Å². The van der Waals surface area contributed by atoms with E-state index in [1.165, 1.54) is 0 Å². The summed E-state index contributed by atoms with van der Waals surface area (Å²) in [6.45, 7) is 5.61. The number of amides is 1. The van der Waals surface area contributed by atoms with Gasteiger partial charge in [0, 0.05) is 31.5 Å². The van der Waals surface area contributed by atoms with Crippen LogP contribution in [-0.2, 0) is 0 Å². The van der Waals surface area contributed by atoms with E-state index < -0.39 is 0 Å². The van der Waals surface area contributed by atoms with Crippen molar-refractivity contribution < 1.29 is 4.79 Å². The standard InChI is InChI=1S/C15H20N4O.2ClH/c1-15(2)10-19(8-6-12(15)16)14(20)11-9-18-7-4-3-5-13(18)17-11;;/h3-5,7,9,12H,6,8,10,16H2,1-2H3;2*1H. The molecule has 0 aromatic carbocycles. The van der Waals surface area contributed by atoms with Crippen LogP contribution in [0.4, 0.5) is 0 Å². The van der Waals surface area contributed by atoms with Crippen molar-refractivity contribution in [2.75, 3.05) is 13.1 Å². The van der Waals surface area contributed by atoms with Crippen LogP contribution in [0.5, 0.6) is 0 Å². The first-order valence-electron chi connectivity index (χ1n) is 6.96. The van der Waals surface area contributed by atoms with Gasteiger partial charge in [0.05, 0.1) is 0 Å². The summed E-state index contributed by atoms with van der Waals surface area (Å²) in [6, 6.07) is 5.88. The monoisotopic (exact) mass is 344 g/mol. The van der Waals surface area contributed by atoms with Gasteiger partial charge in [-0.2, -0.15) is 0 Å². The van der Waals surface area contributed by atoms with Gasteiger partial charge in [0.1, 0.15) is 11.3 Å². The van der Waals surface area contributed by atoms with Crippen LogP contribution >= 0.6 is 24.8 Å². The van der Waals surface area contributed by atoms with Crippen LogP contribution in [0, 0.1) is 5.41 Å². The number of piperidine rings is 1. The van der Waals surface area contributed by atoms with Gasteiger partial charge in [-0.25, -0.2) is 4.98 Å². The summed E-state index contributed by atoms with van der Waals surface area (Å²) in [5.41, 5.74) is 7.37. The minimum absolute atomic E-state index is 0. The number of halogens is 2. The second-order valence-corrected chi connectivity index (χ2v) is 6.20. The van der Waals surface area contributed by atoms with Gasteiger partial charge in [0.25, 0.3) is 5.91 Å². The Morgan fingerprint density at radius 3 is 2.73 bits per heavy atom. The second-order valence-electron chi connectivity index (χ2n) is 6.20. The topological polar surface area (TPSA) is 63.6 Å². The maximum absolute atomic E-state index is 12.6. The maximum atomic E-state index is 12.6. The van der Waals surface area contributed by atoms with E-state index in [2.05, 4.69) is 18.8 Å². The summed E-state index contributed by atoms with van der Waals surface area (Å²) < 4.78 is 1.87. The fourth-order valence-corrected chi connectivity index (χ4v) is 2.75. The first kappa shape index (κ1) is 18.7. The molecule has 0 aliphatic carbocycles. The van der Waals surface area contributed by atoms with Gasteiger partial charge in [-0.3, -0.25) is 4.79 Å². The Hall–Kier alpha value is -1.30.